The van der Waals surface area contributed by atoms with Crippen LogP contribution in [-0.4, -0.2) is 10.5 Å². The van der Waals surface area contributed by atoms with Crippen molar-refractivity contribution in [2.75, 3.05) is 5.32 Å². The third-order valence-corrected chi connectivity index (χ3v) is 3.03. The van der Waals surface area contributed by atoms with Crippen molar-refractivity contribution < 1.29 is 4.79 Å². The van der Waals surface area contributed by atoms with Crippen LogP contribution < -0.4 is 10.9 Å². The zero-order valence-corrected chi connectivity index (χ0v) is 12.0. The van der Waals surface area contributed by atoms with Gasteiger partial charge in [-0.15, -0.1) is 0 Å². The molecular formula is C14H13BrN2O2. The number of carbonyl (C=O) groups is 1. The summed E-state index contributed by atoms with van der Waals surface area (Å²) in [4.78, 5) is 23.4. The average Bonchev–Trinajstić information content (AvgIpc) is 2.34. The van der Waals surface area contributed by atoms with E-state index >= 15 is 0 Å². The molecule has 4 nitrogen and oxygen atoms in total. The SMILES string of the molecule is Cc1cccc(NC(=O)Cn2cc(Br)ccc2=O)c1. The van der Waals surface area contributed by atoms with Crippen LogP contribution in [0.2, 0.25) is 0 Å². The molecule has 0 radical (unpaired) electrons. The van der Waals surface area contributed by atoms with Crippen molar-refractivity contribution in [3.8, 4) is 0 Å². The number of aromatic nitrogens is 1. The second-order valence-electron chi connectivity index (χ2n) is 4.23. The fourth-order valence-electron chi connectivity index (χ4n) is 1.70. The van der Waals surface area contributed by atoms with Crippen molar-refractivity contribution in [3.05, 3.63) is 63.0 Å². The van der Waals surface area contributed by atoms with Gasteiger partial charge in [-0.05, 0) is 46.6 Å². The normalized spacial score (nSPS) is 10.2. The first kappa shape index (κ1) is 13.5. The summed E-state index contributed by atoms with van der Waals surface area (Å²) in [5.74, 6) is -0.231. The maximum absolute atomic E-state index is 11.9. The monoisotopic (exact) mass is 320 g/mol. The lowest BCUT2D eigenvalue weighted by atomic mass is 10.2. The highest BCUT2D eigenvalue weighted by atomic mass is 79.9. The topological polar surface area (TPSA) is 51.1 Å². The number of rotatable bonds is 3. The first-order chi connectivity index (χ1) is 9.04. The number of carbonyl (C=O) groups excluding carboxylic acids is 1. The van der Waals surface area contributed by atoms with Crippen LogP contribution in [0.15, 0.2) is 51.9 Å². The molecule has 0 unspecified atom stereocenters. The van der Waals surface area contributed by atoms with Crippen LogP contribution in [-0.2, 0) is 11.3 Å². The smallest absolute Gasteiger partial charge is 0.251 e. The Bertz CT molecular complexity index is 664. The minimum Gasteiger partial charge on any atom is -0.325 e. The van der Waals surface area contributed by atoms with E-state index in [4.69, 9.17) is 0 Å². The van der Waals surface area contributed by atoms with Crippen molar-refractivity contribution in [1.29, 1.82) is 0 Å². The number of pyridine rings is 1. The fraction of sp³-hybridized carbons (Fsp3) is 0.143. The van der Waals surface area contributed by atoms with Gasteiger partial charge in [-0.1, -0.05) is 12.1 Å². The predicted octanol–water partition coefficient (Wildman–Crippen LogP) is 2.56. The van der Waals surface area contributed by atoms with Crippen LogP contribution in [0.5, 0.6) is 0 Å². The van der Waals surface area contributed by atoms with Crippen LogP contribution >= 0.6 is 15.9 Å². The number of hydrogen-bond donors (Lipinski definition) is 1. The molecule has 98 valence electrons. The largest absolute Gasteiger partial charge is 0.325 e. The van der Waals surface area contributed by atoms with Crippen LogP contribution in [0.3, 0.4) is 0 Å². The summed E-state index contributed by atoms with van der Waals surface area (Å²) >= 11 is 3.27. The Kier molecular flexibility index (Phi) is 4.16. The summed E-state index contributed by atoms with van der Waals surface area (Å²) in [6, 6.07) is 10.6. The number of hydrogen-bond acceptors (Lipinski definition) is 2. The van der Waals surface area contributed by atoms with Crippen LogP contribution in [0, 0.1) is 6.92 Å². The minimum atomic E-state index is -0.231. The predicted molar refractivity (Wildman–Crippen MR) is 78.2 cm³/mol. The van der Waals surface area contributed by atoms with Gasteiger partial charge in [-0.2, -0.15) is 0 Å². The van der Waals surface area contributed by atoms with Crippen molar-refractivity contribution in [3.63, 3.8) is 0 Å². The Hall–Kier alpha value is -1.88. The van der Waals surface area contributed by atoms with Crippen LogP contribution in [0.1, 0.15) is 5.56 Å². The standard InChI is InChI=1S/C14H13BrN2O2/c1-10-3-2-4-12(7-10)16-13(18)9-17-8-11(15)5-6-14(17)19/h2-8H,9H2,1H3,(H,16,18). The first-order valence-electron chi connectivity index (χ1n) is 5.77. The molecule has 19 heavy (non-hydrogen) atoms. The average molecular weight is 321 g/mol. The summed E-state index contributed by atoms with van der Waals surface area (Å²) in [6.07, 6.45) is 1.60. The highest BCUT2D eigenvalue weighted by molar-refractivity contribution is 9.10. The molecular weight excluding hydrogens is 308 g/mol. The fourth-order valence-corrected chi connectivity index (χ4v) is 2.08. The summed E-state index contributed by atoms with van der Waals surface area (Å²) < 4.78 is 2.12. The molecule has 0 aliphatic rings. The molecule has 0 aliphatic heterocycles. The van der Waals surface area contributed by atoms with Gasteiger partial charge in [0.05, 0.1) is 0 Å². The molecule has 2 aromatic rings. The molecule has 1 heterocycles. The summed E-state index contributed by atoms with van der Waals surface area (Å²) in [7, 11) is 0. The lowest BCUT2D eigenvalue weighted by Crippen LogP contribution is -2.26. The molecule has 0 atom stereocenters. The van der Waals surface area contributed by atoms with Gasteiger partial charge in [-0.25, -0.2) is 0 Å². The van der Waals surface area contributed by atoms with E-state index in [1.807, 2.05) is 31.2 Å². The number of halogens is 1. The lowest BCUT2D eigenvalue weighted by molar-refractivity contribution is -0.116. The molecule has 1 aromatic heterocycles. The van der Waals surface area contributed by atoms with E-state index in [1.165, 1.54) is 10.6 Å². The van der Waals surface area contributed by atoms with Crippen molar-refractivity contribution in [2.45, 2.75) is 13.5 Å². The quantitative estimate of drug-likeness (QED) is 0.944. The van der Waals surface area contributed by atoms with Crippen molar-refractivity contribution >= 4 is 27.5 Å². The molecule has 2 rings (SSSR count). The summed E-state index contributed by atoms with van der Waals surface area (Å²) in [5.41, 5.74) is 1.59. The molecule has 0 aliphatic carbocycles. The van der Waals surface area contributed by atoms with E-state index in [1.54, 1.807) is 12.3 Å². The van der Waals surface area contributed by atoms with Gasteiger partial charge in [0.15, 0.2) is 0 Å². The van der Waals surface area contributed by atoms with E-state index in [2.05, 4.69) is 21.2 Å². The first-order valence-corrected chi connectivity index (χ1v) is 6.56. The number of aryl methyl sites for hydroxylation is 1. The number of nitrogens with zero attached hydrogens (tertiary/aromatic N) is 1. The summed E-state index contributed by atoms with van der Waals surface area (Å²) in [5, 5.41) is 2.76. The molecule has 0 bridgehead atoms. The van der Waals surface area contributed by atoms with E-state index in [9.17, 15) is 9.59 Å². The molecule has 1 amide bonds. The lowest BCUT2D eigenvalue weighted by Gasteiger charge is -2.08. The van der Waals surface area contributed by atoms with E-state index in [-0.39, 0.29) is 18.0 Å². The number of benzene rings is 1. The third-order valence-electron chi connectivity index (χ3n) is 2.56. The zero-order chi connectivity index (χ0) is 13.8. The third kappa shape index (κ3) is 3.79. The van der Waals surface area contributed by atoms with Crippen LogP contribution in [0.4, 0.5) is 5.69 Å². The molecule has 1 N–H and O–H groups in total. The number of anilines is 1. The number of amides is 1. The maximum Gasteiger partial charge on any atom is 0.251 e. The van der Waals surface area contributed by atoms with Crippen molar-refractivity contribution in [2.24, 2.45) is 0 Å². The Morgan fingerprint density at radius 1 is 1.32 bits per heavy atom. The van der Waals surface area contributed by atoms with Crippen LogP contribution in [0.25, 0.3) is 0 Å². The number of nitrogens with one attached hydrogen (secondary N) is 1. The highest BCUT2D eigenvalue weighted by Gasteiger charge is 2.05. The molecule has 0 saturated carbocycles. The maximum atomic E-state index is 11.9. The molecule has 1 aromatic carbocycles. The highest BCUT2D eigenvalue weighted by Crippen LogP contribution is 2.10. The van der Waals surface area contributed by atoms with Gasteiger partial charge >= 0.3 is 0 Å². The van der Waals surface area contributed by atoms with Gasteiger partial charge in [-0.3, -0.25) is 9.59 Å². The minimum absolute atomic E-state index is 0.00772. The Morgan fingerprint density at radius 3 is 2.84 bits per heavy atom. The van der Waals surface area contributed by atoms with Gasteiger partial charge in [0.25, 0.3) is 5.56 Å². The van der Waals surface area contributed by atoms with Crippen molar-refractivity contribution in [1.82, 2.24) is 4.57 Å². The molecule has 0 spiro atoms. The summed E-state index contributed by atoms with van der Waals surface area (Å²) in [6.45, 7) is 1.95. The van der Waals surface area contributed by atoms with Gasteiger partial charge in [0.2, 0.25) is 5.91 Å². The van der Waals surface area contributed by atoms with E-state index in [0.717, 1.165) is 15.7 Å². The van der Waals surface area contributed by atoms with Gasteiger partial charge in [0.1, 0.15) is 6.54 Å². The van der Waals surface area contributed by atoms with Gasteiger partial charge < -0.3 is 9.88 Å². The second kappa shape index (κ2) is 5.84. The molecule has 5 heteroatoms. The molecule has 0 saturated heterocycles. The molecule has 0 fully saturated rings. The van der Waals surface area contributed by atoms with E-state index in [0.29, 0.717) is 0 Å². The van der Waals surface area contributed by atoms with E-state index < -0.39 is 0 Å². The Labute approximate surface area is 119 Å². The second-order valence-corrected chi connectivity index (χ2v) is 5.15. The Balaban J connectivity index is 2.09. The van der Waals surface area contributed by atoms with Gasteiger partial charge in [0, 0.05) is 22.4 Å². The zero-order valence-electron chi connectivity index (χ0n) is 10.4. The Morgan fingerprint density at radius 2 is 2.11 bits per heavy atom.